The summed E-state index contributed by atoms with van der Waals surface area (Å²) in [6.07, 6.45) is 3.32. The SMILES string of the molecule is CCCOCC(C#N)(NC)C1CC1. The van der Waals surface area contributed by atoms with Gasteiger partial charge < -0.3 is 10.1 Å². The van der Waals surface area contributed by atoms with E-state index in [0.717, 1.165) is 25.9 Å². The highest BCUT2D eigenvalue weighted by atomic mass is 16.5. The van der Waals surface area contributed by atoms with E-state index in [-0.39, 0.29) is 0 Å². The molecule has 0 bridgehead atoms. The molecule has 1 aliphatic carbocycles. The lowest BCUT2D eigenvalue weighted by atomic mass is 9.97. The van der Waals surface area contributed by atoms with E-state index in [2.05, 4.69) is 18.3 Å². The van der Waals surface area contributed by atoms with Crippen LogP contribution in [-0.2, 0) is 4.74 Å². The number of nitrogens with zero attached hydrogens (tertiary/aromatic N) is 1. The van der Waals surface area contributed by atoms with Crippen molar-refractivity contribution >= 4 is 0 Å². The third-order valence-corrected chi connectivity index (χ3v) is 2.60. The number of likely N-dealkylation sites (N-methyl/N-ethyl adjacent to an activating group) is 1. The maximum atomic E-state index is 9.09. The zero-order chi connectivity index (χ0) is 9.73. The standard InChI is InChI=1S/C10H18N2O/c1-3-6-13-8-10(7-11,12-2)9-4-5-9/h9,12H,3-6,8H2,1-2H3. The second-order valence-electron chi connectivity index (χ2n) is 3.66. The summed E-state index contributed by atoms with van der Waals surface area (Å²) in [6, 6.07) is 2.35. The molecule has 13 heavy (non-hydrogen) atoms. The molecule has 1 unspecified atom stereocenters. The Kier molecular flexibility index (Phi) is 3.71. The van der Waals surface area contributed by atoms with Crippen LogP contribution in [0.3, 0.4) is 0 Å². The summed E-state index contributed by atoms with van der Waals surface area (Å²) in [6.45, 7) is 3.35. The van der Waals surface area contributed by atoms with E-state index in [9.17, 15) is 0 Å². The van der Waals surface area contributed by atoms with Crippen molar-refractivity contribution in [2.75, 3.05) is 20.3 Å². The maximum absolute atomic E-state index is 9.09. The van der Waals surface area contributed by atoms with Gasteiger partial charge in [0.2, 0.25) is 0 Å². The van der Waals surface area contributed by atoms with Crippen LogP contribution in [0.25, 0.3) is 0 Å². The summed E-state index contributed by atoms with van der Waals surface area (Å²) in [5, 5.41) is 12.2. The molecule has 0 aliphatic heterocycles. The minimum absolute atomic E-state index is 0.421. The Hall–Kier alpha value is -0.590. The number of nitrogens with one attached hydrogen (secondary N) is 1. The fourth-order valence-corrected chi connectivity index (χ4v) is 1.53. The summed E-state index contributed by atoms with van der Waals surface area (Å²) in [4.78, 5) is 0. The van der Waals surface area contributed by atoms with Gasteiger partial charge in [0.25, 0.3) is 0 Å². The van der Waals surface area contributed by atoms with Gasteiger partial charge in [-0.1, -0.05) is 6.92 Å². The van der Waals surface area contributed by atoms with Gasteiger partial charge in [0, 0.05) is 6.61 Å². The molecule has 74 valence electrons. The van der Waals surface area contributed by atoms with Gasteiger partial charge in [0.05, 0.1) is 12.7 Å². The summed E-state index contributed by atoms with van der Waals surface area (Å²) >= 11 is 0. The first-order valence-corrected chi connectivity index (χ1v) is 4.97. The Bertz CT molecular complexity index is 196. The predicted octanol–water partition coefficient (Wildman–Crippen LogP) is 1.30. The fraction of sp³-hybridized carbons (Fsp3) is 0.900. The summed E-state index contributed by atoms with van der Waals surface area (Å²) in [5.41, 5.74) is -0.421. The lowest BCUT2D eigenvalue weighted by molar-refractivity contribution is 0.0845. The Labute approximate surface area is 80.1 Å². The molecule has 0 heterocycles. The fourth-order valence-electron chi connectivity index (χ4n) is 1.53. The van der Waals surface area contributed by atoms with Crippen molar-refractivity contribution in [1.29, 1.82) is 5.26 Å². The highest BCUT2D eigenvalue weighted by molar-refractivity contribution is 5.14. The predicted molar refractivity (Wildman–Crippen MR) is 51.2 cm³/mol. The van der Waals surface area contributed by atoms with Gasteiger partial charge >= 0.3 is 0 Å². The summed E-state index contributed by atoms with van der Waals surface area (Å²) < 4.78 is 5.45. The monoisotopic (exact) mass is 182 g/mol. The van der Waals surface area contributed by atoms with E-state index >= 15 is 0 Å². The van der Waals surface area contributed by atoms with Crippen LogP contribution in [0.1, 0.15) is 26.2 Å². The van der Waals surface area contributed by atoms with Crippen LogP contribution < -0.4 is 5.32 Å². The molecule has 1 fully saturated rings. The van der Waals surface area contributed by atoms with E-state index in [1.54, 1.807) is 0 Å². The van der Waals surface area contributed by atoms with Crippen LogP contribution in [0.15, 0.2) is 0 Å². The zero-order valence-electron chi connectivity index (χ0n) is 8.47. The zero-order valence-corrected chi connectivity index (χ0v) is 8.47. The minimum Gasteiger partial charge on any atom is -0.378 e. The van der Waals surface area contributed by atoms with Gasteiger partial charge in [-0.2, -0.15) is 5.26 Å². The first-order chi connectivity index (χ1) is 6.29. The minimum atomic E-state index is -0.421. The molecule has 1 aliphatic rings. The van der Waals surface area contributed by atoms with Gasteiger partial charge in [0.15, 0.2) is 0 Å². The van der Waals surface area contributed by atoms with Crippen LogP contribution in [0, 0.1) is 17.2 Å². The lowest BCUT2D eigenvalue weighted by Gasteiger charge is -2.25. The molecule has 0 amide bonds. The molecule has 3 nitrogen and oxygen atoms in total. The molecule has 3 heteroatoms. The molecular formula is C10H18N2O. The number of ether oxygens (including phenoxy) is 1. The van der Waals surface area contributed by atoms with E-state index in [1.165, 1.54) is 0 Å². The highest BCUT2D eigenvalue weighted by Crippen LogP contribution is 2.39. The molecule has 0 aromatic rings. The van der Waals surface area contributed by atoms with Crippen molar-refractivity contribution in [1.82, 2.24) is 5.32 Å². The van der Waals surface area contributed by atoms with Crippen molar-refractivity contribution in [3.8, 4) is 6.07 Å². The average Bonchev–Trinajstić information content (AvgIpc) is 2.97. The first-order valence-electron chi connectivity index (χ1n) is 4.97. The highest BCUT2D eigenvalue weighted by Gasteiger charge is 2.44. The van der Waals surface area contributed by atoms with Gasteiger partial charge in [-0.15, -0.1) is 0 Å². The van der Waals surface area contributed by atoms with E-state index in [4.69, 9.17) is 10.00 Å². The molecule has 1 saturated carbocycles. The average molecular weight is 182 g/mol. The van der Waals surface area contributed by atoms with Crippen LogP contribution in [-0.4, -0.2) is 25.8 Å². The molecule has 1 N–H and O–H groups in total. The Morgan fingerprint density at radius 1 is 1.62 bits per heavy atom. The maximum Gasteiger partial charge on any atom is 0.132 e. The Morgan fingerprint density at radius 2 is 2.31 bits per heavy atom. The molecular weight excluding hydrogens is 164 g/mol. The van der Waals surface area contributed by atoms with Gasteiger partial charge in [-0.05, 0) is 32.2 Å². The largest absolute Gasteiger partial charge is 0.378 e. The van der Waals surface area contributed by atoms with Crippen LogP contribution >= 0.6 is 0 Å². The molecule has 1 rings (SSSR count). The smallest absolute Gasteiger partial charge is 0.132 e. The number of rotatable bonds is 6. The first kappa shape index (κ1) is 10.5. The molecule has 0 radical (unpaired) electrons. The van der Waals surface area contributed by atoms with E-state index in [1.807, 2.05) is 7.05 Å². The molecule has 0 aromatic carbocycles. The van der Waals surface area contributed by atoms with Gasteiger partial charge in [-0.3, -0.25) is 0 Å². The van der Waals surface area contributed by atoms with Crippen molar-refractivity contribution in [3.63, 3.8) is 0 Å². The van der Waals surface area contributed by atoms with Crippen LogP contribution in [0.5, 0.6) is 0 Å². The number of hydrogen-bond acceptors (Lipinski definition) is 3. The lowest BCUT2D eigenvalue weighted by Crippen LogP contribution is -2.48. The number of hydrogen-bond donors (Lipinski definition) is 1. The van der Waals surface area contributed by atoms with Crippen molar-refractivity contribution < 1.29 is 4.74 Å². The molecule has 1 atom stereocenters. The topological polar surface area (TPSA) is 45.0 Å². The quantitative estimate of drug-likeness (QED) is 0.630. The molecule has 0 aromatic heterocycles. The van der Waals surface area contributed by atoms with Crippen molar-refractivity contribution in [3.05, 3.63) is 0 Å². The van der Waals surface area contributed by atoms with Crippen molar-refractivity contribution in [2.45, 2.75) is 31.7 Å². The third kappa shape index (κ3) is 2.43. The van der Waals surface area contributed by atoms with Crippen LogP contribution in [0.4, 0.5) is 0 Å². The number of nitriles is 1. The van der Waals surface area contributed by atoms with Crippen molar-refractivity contribution in [2.24, 2.45) is 5.92 Å². The van der Waals surface area contributed by atoms with E-state index in [0.29, 0.717) is 12.5 Å². The van der Waals surface area contributed by atoms with Crippen LogP contribution in [0.2, 0.25) is 0 Å². The Morgan fingerprint density at radius 3 is 2.69 bits per heavy atom. The molecule has 0 spiro atoms. The molecule has 0 saturated heterocycles. The third-order valence-electron chi connectivity index (χ3n) is 2.60. The Balaban J connectivity index is 2.41. The van der Waals surface area contributed by atoms with Gasteiger partial charge in [0.1, 0.15) is 5.54 Å². The summed E-state index contributed by atoms with van der Waals surface area (Å²) in [5.74, 6) is 0.499. The summed E-state index contributed by atoms with van der Waals surface area (Å²) in [7, 11) is 1.84. The van der Waals surface area contributed by atoms with E-state index < -0.39 is 5.54 Å². The second kappa shape index (κ2) is 4.59. The van der Waals surface area contributed by atoms with Gasteiger partial charge in [-0.25, -0.2) is 0 Å². The normalized spacial score (nSPS) is 20.7. The second-order valence-corrected chi connectivity index (χ2v) is 3.66.